The number of fused-ring (bicyclic) bond motifs is 4. The zero-order valence-corrected chi connectivity index (χ0v) is 18.5. The molecule has 0 aromatic heterocycles. The van der Waals surface area contributed by atoms with E-state index in [2.05, 4.69) is 17.0 Å². The average Bonchev–Trinajstić information content (AvgIpc) is 2.78. The van der Waals surface area contributed by atoms with Gasteiger partial charge in [-0.05, 0) is 67.1 Å². The first-order chi connectivity index (χ1) is 14.8. The van der Waals surface area contributed by atoms with Crippen LogP contribution >= 0.6 is 0 Å². The normalized spacial score (nSPS) is 30.1. The molecule has 2 aromatic rings. The highest BCUT2D eigenvalue weighted by atomic mass is 32.2. The third kappa shape index (κ3) is 3.17. The Bertz CT molecular complexity index is 1110. The highest BCUT2D eigenvalue weighted by Gasteiger charge is 2.56. The van der Waals surface area contributed by atoms with Crippen molar-refractivity contribution >= 4 is 15.9 Å². The highest BCUT2D eigenvalue weighted by Crippen LogP contribution is 2.53. The predicted octanol–water partition coefficient (Wildman–Crippen LogP) is 3.21. The summed E-state index contributed by atoms with van der Waals surface area (Å²) in [5.41, 5.74) is 2.28. The predicted molar refractivity (Wildman–Crippen MR) is 118 cm³/mol. The van der Waals surface area contributed by atoms with E-state index in [0.29, 0.717) is 18.9 Å². The smallest absolute Gasteiger partial charge is 0.408 e. The Kier molecular flexibility index (Phi) is 4.86. The zero-order chi connectivity index (χ0) is 21.8. The van der Waals surface area contributed by atoms with Crippen LogP contribution in [0.2, 0.25) is 0 Å². The van der Waals surface area contributed by atoms with E-state index in [-0.39, 0.29) is 10.8 Å². The molecule has 3 saturated heterocycles. The topological polar surface area (TPSA) is 77.9 Å². The molecule has 2 atom stereocenters. The third-order valence-corrected chi connectivity index (χ3v) is 8.73. The maximum atomic E-state index is 12.6. The number of nitrogens with zero attached hydrogens (tertiary/aromatic N) is 2. The quantitative estimate of drug-likeness (QED) is 0.793. The van der Waals surface area contributed by atoms with E-state index in [1.54, 1.807) is 17.0 Å². The van der Waals surface area contributed by atoms with Crippen molar-refractivity contribution in [2.24, 2.45) is 11.8 Å². The lowest BCUT2D eigenvalue weighted by atomic mass is 9.60. The van der Waals surface area contributed by atoms with Gasteiger partial charge in [0.05, 0.1) is 4.90 Å². The average molecular weight is 441 g/mol. The van der Waals surface area contributed by atoms with Gasteiger partial charge < -0.3 is 10.0 Å². The van der Waals surface area contributed by atoms with Crippen LogP contribution in [0.4, 0.5) is 4.79 Å². The van der Waals surface area contributed by atoms with Gasteiger partial charge in [-0.15, -0.1) is 0 Å². The number of hydrogen-bond acceptors (Lipinski definition) is 4. The Balaban J connectivity index is 1.78. The standard InChI is InChI=1S/C24H28N2O4S/c1-31(29,30)20-8-6-19(7-9-20)24(22-16-25-13-10-18(22)11-14-25)21-5-3-2-4-17(21)12-15-26(24)23(27)28/h2-9,18,22H,10-16H2,1H3,(H,27,28)/t22?,24-/m0/s1. The summed E-state index contributed by atoms with van der Waals surface area (Å²) in [6.07, 6.45) is 3.11. The van der Waals surface area contributed by atoms with Crippen LogP contribution in [0.15, 0.2) is 53.4 Å². The Labute approximate surface area is 183 Å². The molecule has 2 aromatic carbocycles. The van der Waals surface area contributed by atoms with Gasteiger partial charge in [-0.2, -0.15) is 0 Å². The molecule has 3 fully saturated rings. The van der Waals surface area contributed by atoms with Gasteiger partial charge in [0, 0.05) is 25.3 Å². The van der Waals surface area contributed by atoms with E-state index in [4.69, 9.17) is 0 Å². The van der Waals surface area contributed by atoms with Gasteiger partial charge in [0.25, 0.3) is 0 Å². The summed E-state index contributed by atoms with van der Waals surface area (Å²) in [5.74, 6) is 0.559. The van der Waals surface area contributed by atoms with Gasteiger partial charge in [-0.25, -0.2) is 13.2 Å². The first kappa shape index (κ1) is 20.5. The van der Waals surface area contributed by atoms with E-state index in [0.717, 1.165) is 43.6 Å². The van der Waals surface area contributed by atoms with Crippen molar-refractivity contribution in [1.82, 2.24) is 9.80 Å². The van der Waals surface area contributed by atoms with Crippen molar-refractivity contribution in [1.29, 1.82) is 0 Å². The monoisotopic (exact) mass is 440 g/mol. The molecule has 1 amide bonds. The maximum absolute atomic E-state index is 12.6. The molecule has 0 spiro atoms. The minimum atomic E-state index is -3.33. The molecule has 7 heteroatoms. The van der Waals surface area contributed by atoms with Gasteiger partial charge in [0.2, 0.25) is 0 Å². The van der Waals surface area contributed by atoms with Crippen LogP contribution < -0.4 is 0 Å². The van der Waals surface area contributed by atoms with Crippen LogP contribution in [0, 0.1) is 11.8 Å². The van der Waals surface area contributed by atoms with Crippen molar-refractivity contribution in [2.45, 2.75) is 29.7 Å². The second-order valence-electron chi connectivity index (χ2n) is 9.15. The van der Waals surface area contributed by atoms with Crippen molar-refractivity contribution in [3.05, 3.63) is 65.2 Å². The fraction of sp³-hybridized carbons (Fsp3) is 0.458. The van der Waals surface area contributed by atoms with E-state index >= 15 is 0 Å². The highest BCUT2D eigenvalue weighted by molar-refractivity contribution is 7.90. The first-order valence-corrected chi connectivity index (χ1v) is 12.8. The van der Waals surface area contributed by atoms with Crippen LogP contribution in [0.3, 0.4) is 0 Å². The Morgan fingerprint density at radius 1 is 1.03 bits per heavy atom. The number of carboxylic acid groups (broad SMARTS) is 1. The number of piperidine rings is 3. The molecule has 1 N–H and O–H groups in total. The second kappa shape index (κ2) is 7.35. The summed E-state index contributed by atoms with van der Waals surface area (Å²) in [6, 6.07) is 15.1. The second-order valence-corrected chi connectivity index (χ2v) is 11.2. The number of amides is 1. The molecule has 6 nitrogen and oxygen atoms in total. The van der Waals surface area contributed by atoms with Gasteiger partial charge in [0.15, 0.2) is 9.84 Å². The Hall–Kier alpha value is -2.38. The maximum Gasteiger partial charge on any atom is 0.408 e. The number of hydrogen-bond donors (Lipinski definition) is 1. The molecule has 2 bridgehead atoms. The summed E-state index contributed by atoms with van der Waals surface area (Å²) < 4.78 is 24.1. The number of carbonyl (C=O) groups is 1. The number of rotatable bonds is 3. The molecule has 1 unspecified atom stereocenters. The van der Waals surface area contributed by atoms with Crippen LogP contribution in [0.1, 0.15) is 29.5 Å². The van der Waals surface area contributed by atoms with E-state index in [9.17, 15) is 18.3 Å². The third-order valence-electron chi connectivity index (χ3n) is 7.60. The van der Waals surface area contributed by atoms with E-state index in [1.165, 1.54) is 11.8 Å². The molecule has 4 heterocycles. The molecule has 4 aliphatic rings. The molecule has 164 valence electrons. The summed E-state index contributed by atoms with van der Waals surface area (Å²) in [5, 5.41) is 10.4. The molecular weight excluding hydrogens is 412 g/mol. The van der Waals surface area contributed by atoms with Gasteiger partial charge >= 0.3 is 6.09 Å². The van der Waals surface area contributed by atoms with Crippen molar-refractivity contribution in [3.63, 3.8) is 0 Å². The fourth-order valence-electron chi connectivity index (χ4n) is 6.23. The summed E-state index contributed by atoms with van der Waals surface area (Å²) >= 11 is 0. The fourth-order valence-corrected chi connectivity index (χ4v) is 6.86. The van der Waals surface area contributed by atoms with Crippen molar-refractivity contribution in [3.8, 4) is 0 Å². The molecule has 4 aliphatic heterocycles. The van der Waals surface area contributed by atoms with Crippen LogP contribution in [-0.4, -0.2) is 61.9 Å². The molecular formula is C24H28N2O4S. The molecule has 0 saturated carbocycles. The van der Waals surface area contributed by atoms with Crippen LogP contribution in [0.25, 0.3) is 0 Å². The zero-order valence-electron chi connectivity index (χ0n) is 17.7. The minimum Gasteiger partial charge on any atom is -0.465 e. The number of benzene rings is 2. The largest absolute Gasteiger partial charge is 0.465 e. The van der Waals surface area contributed by atoms with Crippen molar-refractivity contribution in [2.75, 3.05) is 32.4 Å². The lowest BCUT2D eigenvalue weighted by molar-refractivity contribution is -0.0422. The van der Waals surface area contributed by atoms with E-state index in [1.807, 2.05) is 24.3 Å². The first-order valence-electron chi connectivity index (χ1n) is 10.9. The summed E-state index contributed by atoms with van der Waals surface area (Å²) in [4.78, 5) is 17.0. The lowest BCUT2D eigenvalue weighted by Gasteiger charge is -2.58. The van der Waals surface area contributed by atoms with Gasteiger partial charge in [0.1, 0.15) is 5.54 Å². The number of sulfone groups is 1. The Morgan fingerprint density at radius 3 is 2.29 bits per heavy atom. The van der Waals surface area contributed by atoms with Gasteiger partial charge in [-0.1, -0.05) is 36.4 Å². The summed E-state index contributed by atoms with van der Waals surface area (Å²) in [6.45, 7) is 3.43. The molecule has 0 radical (unpaired) electrons. The van der Waals surface area contributed by atoms with Gasteiger partial charge in [-0.3, -0.25) is 4.90 Å². The minimum absolute atomic E-state index is 0.122. The lowest BCUT2D eigenvalue weighted by Crippen LogP contribution is -2.64. The molecule has 0 aliphatic carbocycles. The van der Waals surface area contributed by atoms with Crippen molar-refractivity contribution < 1.29 is 18.3 Å². The van der Waals surface area contributed by atoms with Crippen LogP contribution in [-0.2, 0) is 21.8 Å². The van der Waals surface area contributed by atoms with E-state index < -0.39 is 21.5 Å². The summed E-state index contributed by atoms with van der Waals surface area (Å²) in [7, 11) is -3.33. The molecule has 31 heavy (non-hydrogen) atoms. The Morgan fingerprint density at radius 2 is 1.71 bits per heavy atom. The SMILES string of the molecule is CS(=O)(=O)c1ccc([C@@]2(C3CN4CCC3CC4)c3ccccc3CCN2C(=O)O)cc1. The van der Waals surface area contributed by atoms with Crippen LogP contribution in [0.5, 0.6) is 0 Å². The molecule has 6 rings (SSSR count).